The van der Waals surface area contributed by atoms with Crippen LogP contribution in [-0.2, 0) is 16.0 Å². The molecule has 0 N–H and O–H groups in total. The fourth-order valence-electron chi connectivity index (χ4n) is 2.09. The van der Waals surface area contributed by atoms with Gasteiger partial charge < -0.3 is 4.74 Å². The van der Waals surface area contributed by atoms with Crippen LogP contribution < -0.4 is 0 Å². The van der Waals surface area contributed by atoms with Crippen LogP contribution in [0, 0.1) is 13.8 Å². The Bertz CT molecular complexity index is 843. The summed E-state index contributed by atoms with van der Waals surface area (Å²) in [6, 6.07) is 5.98. The van der Waals surface area contributed by atoms with Gasteiger partial charge in [0.2, 0.25) is 0 Å². The number of esters is 1. The topological polar surface area (TPSA) is 39.2 Å². The fraction of sp³-hybridized carbons (Fsp3) is 0.250. The molecule has 0 bridgehead atoms. The molecule has 3 rings (SSSR count). The van der Waals surface area contributed by atoms with Crippen molar-refractivity contribution in [2.75, 3.05) is 7.11 Å². The van der Waals surface area contributed by atoms with E-state index in [1.54, 1.807) is 22.7 Å². The van der Waals surface area contributed by atoms with Gasteiger partial charge in [0.25, 0.3) is 0 Å². The minimum absolute atomic E-state index is 0.168. The van der Waals surface area contributed by atoms with Gasteiger partial charge in [0.05, 0.1) is 33.3 Å². The van der Waals surface area contributed by atoms with E-state index in [0.717, 1.165) is 29.7 Å². The Morgan fingerprint density at radius 3 is 2.57 bits per heavy atom. The van der Waals surface area contributed by atoms with Crippen molar-refractivity contribution in [1.29, 1.82) is 0 Å². The number of carbonyl (C=O) groups excluding carboxylic acids is 1. The van der Waals surface area contributed by atoms with Crippen molar-refractivity contribution in [2.45, 2.75) is 20.3 Å². The molecule has 0 amide bonds. The second kappa shape index (κ2) is 6.73. The number of carbonyl (C=O) groups is 1. The standard InChI is InChI=1S/C16H14ClNO2S3/c1-8-6-12(21-9(8)2)16-18-10(7-14(19)20-3)15(23-16)11-4-5-13(17)22-11/h4-6H,7H2,1-3H3. The van der Waals surface area contributed by atoms with E-state index < -0.39 is 0 Å². The van der Waals surface area contributed by atoms with Crippen molar-refractivity contribution >= 4 is 51.6 Å². The van der Waals surface area contributed by atoms with Crippen molar-refractivity contribution < 1.29 is 9.53 Å². The van der Waals surface area contributed by atoms with Crippen molar-refractivity contribution in [1.82, 2.24) is 4.98 Å². The number of halogens is 1. The summed E-state index contributed by atoms with van der Waals surface area (Å²) in [4.78, 5) is 20.8. The highest BCUT2D eigenvalue weighted by molar-refractivity contribution is 7.27. The van der Waals surface area contributed by atoms with Crippen LogP contribution in [0.5, 0.6) is 0 Å². The number of thiazole rings is 1. The smallest absolute Gasteiger partial charge is 0.311 e. The number of rotatable bonds is 4. The Hall–Kier alpha value is -1.21. The molecule has 3 nitrogen and oxygen atoms in total. The highest BCUT2D eigenvalue weighted by atomic mass is 35.5. The third kappa shape index (κ3) is 3.50. The fourth-order valence-corrected chi connectivity index (χ4v) is 5.43. The molecule has 0 unspecified atom stereocenters. The quantitative estimate of drug-likeness (QED) is 0.551. The summed E-state index contributed by atoms with van der Waals surface area (Å²) in [6.45, 7) is 4.20. The second-order valence-electron chi connectivity index (χ2n) is 5.00. The number of methoxy groups -OCH3 is 1. The van der Waals surface area contributed by atoms with Crippen LogP contribution in [0.15, 0.2) is 18.2 Å². The van der Waals surface area contributed by atoms with E-state index in [1.165, 1.54) is 28.9 Å². The summed E-state index contributed by atoms with van der Waals surface area (Å²) >= 11 is 10.9. The van der Waals surface area contributed by atoms with E-state index in [9.17, 15) is 4.79 Å². The highest BCUT2D eigenvalue weighted by Crippen LogP contribution is 2.42. The highest BCUT2D eigenvalue weighted by Gasteiger charge is 2.19. The van der Waals surface area contributed by atoms with E-state index in [0.29, 0.717) is 0 Å². The van der Waals surface area contributed by atoms with Gasteiger partial charge in [-0.15, -0.1) is 34.0 Å². The maximum absolute atomic E-state index is 11.7. The van der Waals surface area contributed by atoms with Crippen LogP contribution in [0.2, 0.25) is 4.34 Å². The minimum atomic E-state index is -0.288. The van der Waals surface area contributed by atoms with Gasteiger partial charge >= 0.3 is 5.97 Å². The third-order valence-electron chi connectivity index (χ3n) is 3.41. The zero-order valence-corrected chi connectivity index (χ0v) is 16.0. The van der Waals surface area contributed by atoms with Crippen LogP contribution in [0.3, 0.4) is 0 Å². The normalized spacial score (nSPS) is 11.0. The van der Waals surface area contributed by atoms with Gasteiger partial charge in [-0.1, -0.05) is 11.6 Å². The Labute approximate surface area is 151 Å². The van der Waals surface area contributed by atoms with E-state index in [1.807, 2.05) is 12.1 Å². The average Bonchev–Trinajstić information content (AvgIpc) is 3.19. The predicted molar refractivity (Wildman–Crippen MR) is 98.9 cm³/mol. The summed E-state index contributed by atoms with van der Waals surface area (Å²) in [5, 5.41) is 0.935. The van der Waals surface area contributed by atoms with Crippen molar-refractivity contribution in [3.8, 4) is 19.6 Å². The SMILES string of the molecule is COC(=O)Cc1nc(-c2cc(C)c(C)s2)sc1-c1ccc(Cl)s1. The summed E-state index contributed by atoms with van der Waals surface area (Å²) in [5.74, 6) is -0.288. The molecule has 3 heterocycles. The van der Waals surface area contributed by atoms with Crippen LogP contribution in [-0.4, -0.2) is 18.1 Å². The first kappa shape index (κ1) is 16.6. The lowest BCUT2D eigenvalue weighted by Gasteiger charge is -1.98. The van der Waals surface area contributed by atoms with Gasteiger partial charge in [-0.3, -0.25) is 4.79 Å². The van der Waals surface area contributed by atoms with Crippen LogP contribution in [0.25, 0.3) is 19.6 Å². The van der Waals surface area contributed by atoms with Crippen LogP contribution in [0.4, 0.5) is 0 Å². The summed E-state index contributed by atoms with van der Waals surface area (Å²) in [7, 11) is 1.39. The number of aromatic nitrogens is 1. The Kier molecular flexibility index (Phi) is 4.87. The van der Waals surface area contributed by atoms with Crippen LogP contribution >= 0.6 is 45.6 Å². The Morgan fingerprint density at radius 1 is 1.22 bits per heavy atom. The Balaban J connectivity index is 2.07. The molecule has 120 valence electrons. The van der Waals surface area contributed by atoms with Crippen LogP contribution in [0.1, 0.15) is 16.1 Å². The summed E-state index contributed by atoms with van der Waals surface area (Å²) in [5.41, 5.74) is 2.01. The first-order valence-corrected chi connectivity index (χ1v) is 9.70. The molecule has 0 saturated heterocycles. The van der Waals surface area contributed by atoms with Gasteiger partial charge in [-0.25, -0.2) is 4.98 Å². The van der Waals surface area contributed by atoms with Gasteiger partial charge in [0, 0.05) is 9.75 Å². The molecule has 23 heavy (non-hydrogen) atoms. The zero-order valence-electron chi connectivity index (χ0n) is 12.8. The molecule has 0 aliphatic rings. The van der Waals surface area contributed by atoms with Gasteiger partial charge in [0.15, 0.2) is 0 Å². The molecule has 0 aliphatic heterocycles. The molecule has 3 aromatic heterocycles. The number of nitrogens with zero attached hydrogens (tertiary/aromatic N) is 1. The number of aryl methyl sites for hydroxylation is 2. The van der Waals surface area contributed by atoms with E-state index >= 15 is 0 Å². The lowest BCUT2D eigenvalue weighted by atomic mass is 10.2. The van der Waals surface area contributed by atoms with Crippen molar-refractivity contribution in [2.24, 2.45) is 0 Å². The Morgan fingerprint density at radius 2 is 2.00 bits per heavy atom. The molecule has 0 fully saturated rings. The lowest BCUT2D eigenvalue weighted by molar-refractivity contribution is -0.139. The monoisotopic (exact) mass is 383 g/mol. The number of hydrogen-bond donors (Lipinski definition) is 0. The minimum Gasteiger partial charge on any atom is -0.469 e. The lowest BCUT2D eigenvalue weighted by Crippen LogP contribution is -2.05. The molecule has 0 spiro atoms. The van der Waals surface area contributed by atoms with E-state index in [-0.39, 0.29) is 12.4 Å². The number of hydrogen-bond acceptors (Lipinski definition) is 6. The molecule has 0 atom stereocenters. The van der Waals surface area contributed by atoms with Gasteiger partial charge in [-0.2, -0.15) is 0 Å². The molecular weight excluding hydrogens is 370 g/mol. The second-order valence-corrected chi connectivity index (χ2v) is 8.97. The van der Waals surface area contributed by atoms with Gasteiger partial charge in [0.1, 0.15) is 5.01 Å². The van der Waals surface area contributed by atoms with E-state index in [2.05, 4.69) is 19.9 Å². The molecule has 3 aromatic rings. The molecule has 0 radical (unpaired) electrons. The van der Waals surface area contributed by atoms with Crippen molar-refractivity contribution in [3.63, 3.8) is 0 Å². The number of ether oxygens (including phenoxy) is 1. The molecule has 0 aromatic carbocycles. The molecule has 7 heteroatoms. The first-order chi connectivity index (χ1) is 11.0. The average molecular weight is 384 g/mol. The molecule has 0 aliphatic carbocycles. The summed E-state index contributed by atoms with van der Waals surface area (Å²) in [6.07, 6.45) is 0.168. The maximum atomic E-state index is 11.7. The zero-order chi connectivity index (χ0) is 16.6. The third-order valence-corrected chi connectivity index (χ3v) is 7.24. The van der Waals surface area contributed by atoms with E-state index in [4.69, 9.17) is 21.3 Å². The molecule has 0 saturated carbocycles. The first-order valence-electron chi connectivity index (χ1n) is 6.87. The summed E-state index contributed by atoms with van der Waals surface area (Å²) < 4.78 is 5.52. The maximum Gasteiger partial charge on any atom is 0.311 e. The largest absolute Gasteiger partial charge is 0.469 e. The molecular formula is C16H14ClNO2S3. The number of thiophene rings is 2. The predicted octanol–water partition coefficient (Wildman–Crippen LogP) is 5.59. The van der Waals surface area contributed by atoms with Gasteiger partial charge in [-0.05, 0) is 37.6 Å². The van der Waals surface area contributed by atoms with Crippen molar-refractivity contribution in [3.05, 3.63) is 38.7 Å².